The molecule has 0 saturated heterocycles. The lowest BCUT2D eigenvalue weighted by Gasteiger charge is -2.14. The summed E-state index contributed by atoms with van der Waals surface area (Å²) in [5.41, 5.74) is 8.41. The molecule has 64 valence electrons. The molecule has 1 saturated carbocycles. The van der Waals surface area contributed by atoms with Gasteiger partial charge in [-0.15, -0.1) is 0 Å². The SMILES string of the molecule is Nc1ccccc1C1(CS)CC1. The first-order valence-corrected chi connectivity index (χ1v) is 4.88. The van der Waals surface area contributed by atoms with Gasteiger partial charge in [0.05, 0.1) is 0 Å². The van der Waals surface area contributed by atoms with Crippen molar-refractivity contribution in [3.63, 3.8) is 0 Å². The van der Waals surface area contributed by atoms with Crippen molar-refractivity contribution in [2.24, 2.45) is 0 Å². The molecule has 12 heavy (non-hydrogen) atoms. The van der Waals surface area contributed by atoms with Crippen LogP contribution in [0.3, 0.4) is 0 Å². The lowest BCUT2D eigenvalue weighted by Crippen LogP contribution is -2.10. The molecule has 2 heteroatoms. The normalized spacial score (nSPS) is 19.1. The zero-order valence-electron chi connectivity index (χ0n) is 6.96. The number of hydrogen-bond acceptors (Lipinski definition) is 2. The van der Waals surface area contributed by atoms with Crippen molar-refractivity contribution in [2.75, 3.05) is 11.5 Å². The van der Waals surface area contributed by atoms with E-state index in [1.807, 2.05) is 12.1 Å². The van der Waals surface area contributed by atoms with Gasteiger partial charge < -0.3 is 5.73 Å². The number of para-hydroxylation sites is 1. The van der Waals surface area contributed by atoms with Gasteiger partial charge in [-0.1, -0.05) is 18.2 Å². The first kappa shape index (κ1) is 7.99. The van der Waals surface area contributed by atoms with Crippen LogP contribution in [0.4, 0.5) is 5.69 Å². The molecular formula is C10H13NS. The first-order chi connectivity index (χ1) is 5.78. The lowest BCUT2D eigenvalue weighted by atomic mass is 9.96. The predicted molar refractivity (Wildman–Crippen MR) is 55.6 cm³/mol. The van der Waals surface area contributed by atoms with E-state index in [0.717, 1.165) is 11.4 Å². The Balaban J connectivity index is 2.40. The van der Waals surface area contributed by atoms with Crippen molar-refractivity contribution in [1.29, 1.82) is 0 Å². The smallest absolute Gasteiger partial charge is 0.0352 e. The zero-order chi connectivity index (χ0) is 8.60. The van der Waals surface area contributed by atoms with Gasteiger partial charge in [0.15, 0.2) is 0 Å². The van der Waals surface area contributed by atoms with Crippen LogP contribution < -0.4 is 5.73 Å². The molecule has 0 heterocycles. The van der Waals surface area contributed by atoms with Crippen molar-refractivity contribution in [3.8, 4) is 0 Å². The summed E-state index contributed by atoms with van der Waals surface area (Å²) < 4.78 is 0. The van der Waals surface area contributed by atoms with Gasteiger partial charge in [-0.2, -0.15) is 12.6 Å². The van der Waals surface area contributed by atoms with Crippen LogP contribution in [0, 0.1) is 0 Å². The second-order valence-electron chi connectivity index (χ2n) is 3.53. The Morgan fingerprint density at radius 1 is 1.33 bits per heavy atom. The van der Waals surface area contributed by atoms with E-state index in [1.54, 1.807) is 0 Å². The molecule has 1 fully saturated rings. The topological polar surface area (TPSA) is 26.0 Å². The van der Waals surface area contributed by atoms with E-state index in [9.17, 15) is 0 Å². The lowest BCUT2D eigenvalue weighted by molar-refractivity contribution is 0.809. The van der Waals surface area contributed by atoms with Gasteiger partial charge in [0.2, 0.25) is 0 Å². The maximum absolute atomic E-state index is 5.89. The molecule has 1 aromatic rings. The van der Waals surface area contributed by atoms with E-state index in [0.29, 0.717) is 5.41 Å². The molecule has 1 nitrogen and oxygen atoms in total. The summed E-state index contributed by atoms with van der Waals surface area (Å²) in [6.07, 6.45) is 2.48. The average molecular weight is 179 g/mol. The van der Waals surface area contributed by atoms with E-state index in [1.165, 1.54) is 18.4 Å². The summed E-state index contributed by atoms with van der Waals surface area (Å²) in [5.74, 6) is 0.918. The number of nitrogen functional groups attached to an aromatic ring is 1. The van der Waals surface area contributed by atoms with Gasteiger partial charge in [-0.05, 0) is 24.5 Å². The minimum Gasteiger partial charge on any atom is -0.398 e. The van der Waals surface area contributed by atoms with Gasteiger partial charge in [0.25, 0.3) is 0 Å². The summed E-state index contributed by atoms with van der Waals surface area (Å²) >= 11 is 4.37. The molecule has 0 spiro atoms. The van der Waals surface area contributed by atoms with Crippen LogP contribution in [0.2, 0.25) is 0 Å². The highest BCUT2D eigenvalue weighted by molar-refractivity contribution is 7.80. The fourth-order valence-corrected chi connectivity index (χ4v) is 2.13. The van der Waals surface area contributed by atoms with Crippen LogP contribution in [0.5, 0.6) is 0 Å². The van der Waals surface area contributed by atoms with Crippen LogP contribution in [0.1, 0.15) is 18.4 Å². The minimum absolute atomic E-state index is 0.314. The third-order valence-electron chi connectivity index (χ3n) is 2.69. The van der Waals surface area contributed by atoms with Crippen molar-refractivity contribution < 1.29 is 0 Å². The molecule has 0 unspecified atom stereocenters. The fraction of sp³-hybridized carbons (Fsp3) is 0.400. The summed E-state index contributed by atoms with van der Waals surface area (Å²) in [6.45, 7) is 0. The molecule has 0 atom stereocenters. The Labute approximate surface area is 78.4 Å². The Morgan fingerprint density at radius 2 is 2.00 bits per heavy atom. The molecule has 1 aliphatic rings. The number of anilines is 1. The van der Waals surface area contributed by atoms with Crippen molar-refractivity contribution in [1.82, 2.24) is 0 Å². The van der Waals surface area contributed by atoms with Gasteiger partial charge >= 0.3 is 0 Å². The number of hydrogen-bond donors (Lipinski definition) is 2. The number of thiol groups is 1. The first-order valence-electron chi connectivity index (χ1n) is 4.24. The maximum Gasteiger partial charge on any atom is 0.0352 e. The van der Waals surface area contributed by atoms with Gasteiger partial charge in [-0.3, -0.25) is 0 Å². The number of benzene rings is 1. The minimum atomic E-state index is 0.314. The Bertz CT molecular complexity index is 292. The van der Waals surface area contributed by atoms with Crippen LogP contribution in [-0.2, 0) is 5.41 Å². The molecule has 1 aliphatic carbocycles. The summed E-state index contributed by atoms with van der Waals surface area (Å²) in [7, 11) is 0. The van der Waals surface area contributed by atoms with Crippen molar-refractivity contribution >= 4 is 18.3 Å². The van der Waals surface area contributed by atoms with Crippen LogP contribution in [0.25, 0.3) is 0 Å². The largest absolute Gasteiger partial charge is 0.398 e. The second kappa shape index (κ2) is 2.70. The number of nitrogens with two attached hydrogens (primary N) is 1. The third kappa shape index (κ3) is 1.11. The van der Waals surface area contributed by atoms with Gasteiger partial charge in [0.1, 0.15) is 0 Å². The summed E-state index contributed by atoms with van der Waals surface area (Å²) in [5, 5.41) is 0. The standard InChI is InChI=1S/C10H13NS/c11-9-4-2-1-3-8(9)10(7-12)5-6-10/h1-4,12H,5-7,11H2. The van der Waals surface area contributed by atoms with Crippen LogP contribution >= 0.6 is 12.6 Å². The van der Waals surface area contributed by atoms with Gasteiger partial charge in [-0.25, -0.2) is 0 Å². The molecule has 2 rings (SSSR count). The van der Waals surface area contributed by atoms with Crippen LogP contribution in [0.15, 0.2) is 24.3 Å². The van der Waals surface area contributed by atoms with Crippen molar-refractivity contribution in [3.05, 3.63) is 29.8 Å². The number of rotatable bonds is 2. The molecule has 0 aromatic heterocycles. The molecule has 0 amide bonds. The fourth-order valence-electron chi connectivity index (χ4n) is 1.64. The molecule has 1 aromatic carbocycles. The Morgan fingerprint density at radius 3 is 2.50 bits per heavy atom. The molecule has 2 N–H and O–H groups in total. The van der Waals surface area contributed by atoms with E-state index < -0.39 is 0 Å². The molecule has 0 radical (unpaired) electrons. The Hall–Kier alpha value is -0.630. The molecular weight excluding hydrogens is 166 g/mol. The summed E-state index contributed by atoms with van der Waals surface area (Å²) in [4.78, 5) is 0. The van der Waals surface area contributed by atoms with Crippen molar-refractivity contribution in [2.45, 2.75) is 18.3 Å². The quantitative estimate of drug-likeness (QED) is 0.528. The van der Waals surface area contributed by atoms with E-state index >= 15 is 0 Å². The molecule has 0 bridgehead atoms. The highest BCUT2D eigenvalue weighted by Gasteiger charge is 2.43. The monoisotopic (exact) mass is 179 g/mol. The van der Waals surface area contributed by atoms with Gasteiger partial charge in [0, 0.05) is 16.9 Å². The maximum atomic E-state index is 5.89. The Kier molecular flexibility index (Phi) is 1.80. The predicted octanol–water partition coefficient (Wildman–Crippen LogP) is 2.23. The summed E-state index contributed by atoms with van der Waals surface area (Å²) in [6, 6.07) is 8.13. The third-order valence-corrected chi connectivity index (χ3v) is 3.29. The average Bonchev–Trinajstić information content (AvgIpc) is 2.86. The zero-order valence-corrected chi connectivity index (χ0v) is 7.85. The second-order valence-corrected chi connectivity index (χ2v) is 3.84. The highest BCUT2D eigenvalue weighted by atomic mass is 32.1. The van der Waals surface area contributed by atoms with Crippen LogP contribution in [-0.4, -0.2) is 5.75 Å². The van der Waals surface area contributed by atoms with E-state index in [4.69, 9.17) is 5.73 Å². The van der Waals surface area contributed by atoms with E-state index in [2.05, 4.69) is 24.8 Å². The highest BCUT2D eigenvalue weighted by Crippen LogP contribution is 2.50. The van der Waals surface area contributed by atoms with E-state index in [-0.39, 0.29) is 0 Å². The molecule has 0 aliphatic heterocycles.